The number of alkyl halides is 3. The second kappa shape index (κ2) is 12.7. The minimum atomic E-state index is -5.08. The number of aliphatic carboxylic acids is 1. The van der Waals surface area contributed by atoms with Crippen molar-refractivity contribution in [1.29, 1.82) is 0 Å². The number of methoxy groups -OCH3 is 1. The van der Waals surface area contributed by atoms with Gasteiger partial charge in [-0.15, -0.1) is 0 Å². The maximum absolute atomic E-state index is 13.5. The molecule has 2 N–H and O–H groups in total. The number of nitrogens with one attached hydrogen (secondary N) is 1. The summed E-state index contributed by atoms with van der Waals surface area (Å²) >= 11 is 0. The average molecular weight is 568 g/mol. The molecule has 41 heavy (non-hydrogen) atoms. The third-order valence-electron chi connectivity index (χ3n) is 6.93. The SMILES string of the molecule is COC(=O)C(Cc1cc2cnccc2[nH]1)C1CCCN1C(=O)c1ccc(-c2ccccc2)cc1.O=C(O)C(F)(F)F. The number of carboxylic acids is 1. The van der Waals surface area contributed by atoms with E-state index >= 15 is 0 Å². The topological polar surface area (TPSA) is 113 Å². The lowest BCUT2D eigenvalue weighted by Gasteiger charge is -2.30. The molecule has 1 fully saturated rings. The second-order valence-corrected chi connectivity index (χ2v) is 9.55. The number of carboxylic acid groups (broad SMARTS) is 1. The first-order valence-corrected chi connectivity index (χ1v) is 12.8. The van der Waals surface area contributed by atoms with Crippen molar-refractivity contribution in [1.82, 2.24) is 14.9 Å². The number of amides is 1. The van der Waals surface area contributed by atoms with Crippen LogP contribution in [0.4, 0.5) is 13.2 Å². The summed E-state index contributed by atoms with van der Waals surface area (Å²) in [7, 11) is 1.41. The summed E-state index contributed by atoms with van der Waals surface area (Å²) in [6, 6.07) is 21.5. The van der Waals surface area contributed by atoms with Crippen LogP contribution < -0.4 is 0 Å². The van der Waals surface area contributed by atoms with E-state index in [0.717, 1.165) is 40.6 Å². The normalized spacial score (nSPS) is 15.6. The Morgan fingerprint density at radius 1 is 1.07 bits per heavy atom. The number of nitrogens with zero attached hydrogens (tertiary/aromatic N) is 2. The number of esters is 1. The number of carbonyl (C=O) groups is 3. The summed E-state index contributed by atoms with van der Waals surface area (Å²) in [5, 5.41) is 8.12. The molecule has 2 unspecified atom stereocenters. The summed E-state index contributed by atoms with van der Waals surface area (Å²) in [4.78, 5) is 44.6. The van der Waals surface area contributed by atoms with Gasteiger partial charge < -0.3 is 19.7 Å². The van der Waals surface area contributed by atoms with Crippen molar-refractivity contribution in [2.75, 3.05) is 13.7 Å². The molecule has 0 spiro atoms. The number of fused-ring (bicyclic) bond motifs is 1. The molecule has 0 aliphatic carbocycles. The Labute approximate surface area is 233 Å². The second-order valence-electron chi connectivity index (χ2n) is 9.55. The minimum absolute atomic E-state index is 0.0446. The van der Waals surface area contributed by atoms with Gasteiger partial charge in [-0.05, 0) is 48.2 Å². The van der Waals surface area contributed by atoms with E-state index in [2.05, 4.69) is 9.97 Å². The van der Waals surface area contributed by atoms with E-state index in [4.69, 9.17) is 14.6 Å². The van der Waals surface area contributed by atoms with Gasteiger partial charge in [0.1, 0.15) is 0 Å². The number of aromatic amines is 1. The van der Waals surface area contributed by atoms with Gasteiger partial charge in [-0.25, -0.2) is 4.79 Å². The molecule has 1 saturated heterocycles. The summed E-state index contributed by atoms with van der Waals surface area (Å²) in [6.07, 6.45) is 0.564. The van der Waals surface area contributed by atoms with E-state index in [1.54, 1.807) is 12.4 Å². The molecule has 0 bridgehead atoms. The Kier molecular flexibility index (Phi) is 9.06. The molecular weight excluding hydrogens is 539 g/mol. The number of hydrogen-bond donors (Lipinski definition) is 2. The lowest BCUT2D eigenvalue weighted by atomic mass is 9.92. The third-order valence-corrected chi connectivity index (χ3v) is 6.93. The Balaban J connectivity index is 0.000000493. The number of carbonyl (C=O) groups excluding carboxylic acids is 2. The molecule has 5 rings (SSSR count). The number of rotatable bonds is 6. The number of aromatic nitrogens is 2. The predicted octanol–water partition coefficient (Wildman–Crippen LogP) is 5.50. The molecule has 0 radical (unpaired) electrons. The molecule has 2 atom stereocenters. The summed E-state index contributed by atoms with van der Waals surface area (Å²) in [6.45, 7) is 0.633. The maximum Gasteiger partial charge on any atom is 0.490 e. The molecule has 3 heterocycles. The Morgan fingerprint density at radius 2 is 1.73 bits per heavy atom. The van der Waals surface area contributed by atoms with Gasteiger partial charge in [-0.1, -0.05) is 42.5 Å². The Morgan fingerprint density at radius 3 is 2.34 bits per heavy atom. The van der Waals surface area contributed by atoms with Crippen molar-refractivity contribution in [2.45, 2.75) is 31.5 Å². The van der Waals surface area contributed by atoms with Crippen LogP contribution in [0.25, 0.3) is 22.0 Å². The highest BCUT2D eigenvalue weighted by molar-refractivity contribution is 5.95. The van der Waals surface area contributed by atoms with Crippen LogP contribution >= 0.6 is 0 Å². The highest BCUT2D eigenvalue weighted by Crippen LogP contribution is 2.30. The van der Waals surface area contributed by atoms with Crippen molar-refractivity contribution in [3.63, 3.8) is 0 Å². The molecule has 1 amide bonds. The summed E-state index contributed by atoms with van der Waals surface area (Å²) < 4.78 is 36.9. The van der Waals surface area contributed by atoms with Gasteiger partial charge in [0.2, 0.25) is 0 Å². The van der Waals surface area contributed by atoms with Gasteiger partial charge in [0.25, 0.3) is 5.91 Å². The number of likely N-dealkylation sites (tertiary alicyclic amines) is 1. The van der Waals surface area contributed by atoms with Crippen molar-refractivity contribution in [3.05, 3.63) is 90.4 Å². The van der Waals surface area contributed by atoms with Gasteiger partial charge in [-0.2, -0.15) is 13.2 Å². The number of benzene rings is 2. The fourth-order valence-corrected chi connectivity index (χ4v) is 4.97. The number of ether oxygens (including phenoxy) is 1. The number of pyridine rings is 1. The molecule has 1 aliphatic rings. The lowest BCUT2D eigenvalue weighted by molar-refractivity contribution is -0.192. The van der Waals surface area contributed by atoms with Crippen molar-refractivity contribution < 1.29 is 37.4 Å². The van der Waals surface area contributed by atoms with Crippen LogP contribution in [0.15, 0.2) is 79.1 Å². The number of H-pyrrole nitrogens is 1. The molecule has 4 aromatic rings. The quantitative estimate of drug-likeness (QED) is 0.298. The van der Waals surface area contributed by atoms with E-state index in [0.29, 0.717) is 18.5 Å². The van der Waals surface area contributed by atoms with Crippen molar-refractivity contribution >= 4 is 28.7 Å². The zero-order valence-electron chi connectivity index (χ0n) is 22.1. The average Bonchev–Trinajstić information content (AvgIpc) is 3.62. The Bertz CT molecular complexity index is 1470. The van der Waals surface area contributed by atoms with E-state index in [-0.39, 0.29) is 17.9 Å². The molecule has 214 valence electrons. The number of halogens is 3. The van der Waals surface area contributed by atoms with Gasteiger partial charge in [0.05, 0.1) is 13.0 Å². The molecule has 2 aromatic carbocycles. The molecule has 8 nitrogen and oxygen atoms in total. The van der Waals surface area contributed by atoms with Crippen molar-refractivity contribution in [2.24, 2.45) is 5.92 Å². The van der Waals surface area contributed by atoms with Gasteiger partial charge in [0, 0.05) is 53.6 Å². The highest BCUT2D eigenvalue weighted by Gasteiger charge is 2.40. The van der Waals surface area contributed by atoms with Crippen LogP contribution in [-0.2, 0) is 20.7 Å². The summed E-state index contributed by atoms with van der Waals surface area (Å²) in [5.74, 6) is -3.54. The van der Waals surface area contributed by atoms with Crippen LogP contribution in [0.5, 0.6) is 0 Å². The predicted molar refractivity (Wildman–Crippen MR) is 145 cm³/mol. The number of hydrogen-bond acceptors (Lipinski definition) is 5. The van der Waals surface area contributed by atoms with Crippen LogP contribution in [-0.4, -0.2) is 63.7 Å². The zero-order chi connectivity index (χ0) is 29.6. The monoisotopic (exact) mass is 567 g/mol. The van der Waals surface area contributed by atoms with Crippen molar-refractivity contribution in [3.8, 4) is 11.1 Å². The Hall–Kier alpha value is -4.67. The molecule has 1 aliphatic heterocycles. The largest absolute Gasteiger partial charge is 0.490 e. The smallest absolute Gasteiger partial charge is 0.475 e. The maximum atomic E-state index is 13.5. The molecular formula is C30H28F3N3O5. The van der Waals surface area contributed by atoms with Crippen LogP contribution in [0.2, 0.25) is 0 Å². The van der Waals surface area contributed by atoms with Crippen LogP contribution in [0.1, 0.15) is 28.9 Å². The molecule has 0 saturated carbocycles. The standard InChI is InChI=1S/C28H27N3O3.C2HF3O2/c1-34-28(33)24(17-23-16-22-18-29-14-13-25(22)30-23)26-8-5-15-31(26)27(32)21-11-9-20(10-12-21)19-6-3-2-4-7-19;3-2(4,5)1(6)7/h2-4,6-7,9-14,16,18,24,26,30H,5,8,15,17H2,1H3;(H,6,7). The van der Waals surface area contributed by atoms with E-state index < -0.39 is 18.1 Å². The van der Waals surface area contributed by atoms with Gasteiger partial charge in [0.15, 0.2) is 0 Å². The first-order valence-electron chi connectivity index (χ1n) is 12.8. The van der Waals surface area contributed by atoms with E-state index in [9.17, 15) is 22.8 Å². The fraction of sp³-hybridized carbons (Fsp3) is 0.267. The van der Waals surface area contributed by atoms with E-state index in [1.165, 1.54) is 7.11 Å². The third kappa shape index (κ3) is 7.10. The first-order chi connectivity index (χ1) is 19.6. The minimum Gasteiger partial charge on any atom is -0.475 e. The molecule has 2 aromatic heterocycles. The van der Waals surface area contributed by atoms with Gasteiger partial charge in [-0.3, -0.25) is 14.6 Å². The summed E-state index contributed by atoms with van der Waals surface area (Å²) in [5.41, 5.74) is 4.72. The van der Waals surface area contributed by atoms with Crippen LogP contribution in [0.3, 0.4) is 0 Å². The van der Waals surface area contributed by atoms with Gasteiger partial charge >= 0.3 is 18.1 Å². The van der Waals surface area contributed by atoms with E-state index in [1.807, 2.05) is 71.6 Å². The fourth-order valence-electron chi connectivity index (χ4n) is 4.97. The van der Waals surface area contributed by atoms with Crippen LogP contribution in [0, 0.1) is 5.92 Å². The molecule has 11 heteroatoms. The highest BCUT2D eigenvalue weighted by atomic mass is 19.4. The first kappa shape index (κ1) is 29.3. The lowest BCUT2D eigenvalue weighted by Crippen LogP contribution is -2.44. The zero-order valence-corrected chi connectivity index (χ0v) is 22.1.